The number of phenols is 1. The Labute approximate surface area is 180 Å². The molecular formula is C23H24N2O6. The van der Waals surface area contributed by atoms with Gasteiger partial charge in [0.1, 0.15) is 30.6 Å². The Morgan fingerprint density at radius 3 is 3.10 bits per heavy atom. The Bertz CT molecular complexity index is 947. The largest absolute Gasteiger partial charge is 0.507 e. The van der Waals surface area contributed by atoms with E-state index in [1.807, 2.05) is 12.2 Å². The van der Waals surface area contributed by atoms with E-state index >= 15 is 0 Å². The summed E-state index contributed by atoms with van der Waals surface area (Å²) < 4.78 is 11.3. The molecule has 3 atom stereocenters. The van der Waals surface area contributed by atoms with Crippen molar-refractivity contribution in [2.45, 2.75) is 31.2 Å². The second-order valence-electron chi connectivity index (χ2n) is 6.83. The van der Waals surface area contributed by atoms with Crippen molar-refractivity contribution in [1.29, 1.82) is 0 Å². The maximum absolute atomic E-state index is 12.8. The number of nitrogens with zero attached hydrogens (tertiary/aromatic N) is 1. The molecule has 0 spiro atoms. The summed E-state index contributed by atoms with van der Waals surface area (Å²) in [6, 6.07) is 4.85. The van der Waals surface area contributed by atoms with E-state index in [0.717, 1.165) is 0 Å². The van der Waals surface area contributed by atoms with E-state index in [2.05, 4.69) is 15.3 Å². The Kier molecular flexibility index (Phi) is 7.78. The van der Waals surface area contributed by atoms with Gasteiger partial charge in [-0.1, -0.05) is 47.7 Å². The lowest BCUT2D eigenvalue weighted by Crippen LogP contribution is -2.21. The number of phenolic OH excluding ortho intramolecular Hbond substituents is 1. The zero-order valence-corrected chi connectivity index (χ0v) is 17.0. The average molecular weight is 424 g/mol. The van der Waals surface area contributed by atoms with E-state index in [0.29, 0.717) is 18.4 Å². The van der Waals surface area contributed by atoms with Crippen LogP contribution in [0.1, 0.15) is 28.8 Å². The fourth-order valence-corrected chi connectivity index (χ4v) is 3.06. The number of rotatable bonds is 6. The normalized spacial score (nSPS) is 23.1. The van der Waals surface area contributed by atoms with E-state index < -0.39 is 12.1 Å². The predicted octanol–water partition coefficient (Wildman–Crippen LogP) is 2.87. The van der Waals surface area contributed by atoms with Crippen LogP contribution in [0.2, 0.25) is 0 Å². The van der Waals surface area contributed by atoms with Gasteiger partial charge in [-0.2, -0.15) is 0 Å². The molecule has 0 radical (unpaired) electrons. The number of carbonyl (C=O) groups excluding carboxylic acids is 2. The van der Waals surface area contributed by atoms with Gasteiger partial charge in [-0.15, -0.1) is 0 Å². The summed E-state index contributed by atoms with van der Waals surface area (Å²) in [5, 5.41) is 16.3. The van der Waals surface area contributed by atoms with E-state index in [4.69, 9.17) is 9.47 Å². The van der Waals surface area contributed by atoms with Crippen molar-refractivity contribution in [2.24, 2.45) is 5.16 Å². The number of oxime groups is 1. The molecule has 0 bridgehead atoms. The first-order valence-corrected chi connectivity index (χ1v) is 9.80. The minimum Gasteiger partial charge on any atom is -0.507 e. The molecular weight excluding hydrogens is 400 g/mol. The number of amides is 1. The van der Waals surface area contributed by atoms with Crippen molar-refractivity contribution in [3.8, 4) is 5.75 Å². The molecule has 8 nitrogen and oxygen atoms in total. The molecule has 1 amide bonds. The lowest BCUT2D eigenvalue weighted by atomic mass is 10.0. The second-order valence-corrected chi connectivity index (χ2v) is 6.83. The highest BCUT2D eigenvalue weighted by Gasteiger charge is 2.39. The number of allylic oxidation sites excluding steroid dienone is 3. The monoisotopic (exact) mass is 424 g/mol. The molecule has 1 saturated heterocycles. The first-order valence-electron chi connectivity index (χ1n) is 9.80. The fourth-order valence-electron chi connectivity index (χ4n) is 3.06. The third-order valence-corrected chi connectivity index (χ3v) is 4.60. The molecule has 0 saturated carbocycles. The summed E-state index contributed by atoms with van der Waals surface area (Å²) in [6.45, 7) is 0. The van der Waals surface area contributed by atoms with Crippen molar-refractivity contribution in [1.82, 2.24) is 5.32 Å². The van der Waals surface area contributed by atoms with E-state index in [1.54, 1.807) is 30.4 Å². The Balaban J connectivity index is 1.66. The van der Waals surface area contributed by atoms with Crippen LogP contribution >= 0.6 is 0 Å². The second kappa shape index (κ2) is 10.9. The lowest BCUT2D eigenvalue weighted by molar-refractivity contribution is -0.115. The molecule has 0 aliphatic carbocycles. The summed E-state index contributed by atoms with van der Waals surface area (Å²) in [5.41, 5.74) is 0.681. The topological polar surface area (TPSA) is 110 Å². The van der Waals surface area contributed by atoms with Gasteiger partial charge in [0.2, 0.25) is 5.91 Å². The smallest absolute Gasteiger partial charge is 0.342 e. The molecule has 3 rings (SSSR count). The van der Waals surface area contributed by atoms with Crippen LogP contribution in [-0.4, -0.2) is 48.6 Å². The van der Waals surface area contributed by atoms with E-state index in [9.17, 15) is 14.7 Å². The number of carbonyl (C=O) groups is 2. The molecule has 2 aliphatic heterocycles. The highest BCUT2D eigenvalue weighted by atomic mass is 16.6. The van der Waals surface area contributed by atoms with Crippen molar-refractivity contribution in [3.63, 3.8) is 0 Å². The van der Waals surface area contributed by atoms with Gasteiger partial charge in [0, 0.05) is 25.1 Å². The molecule has 1 aromatic rings. The number of esters is 1. The summed E-state index contributed by atoms with van der Waals surface area (Å²) in [7, 11) is 1.41. The third-order valence-electron chi connectivity index (χ3n) is 4.60. The summed E-state index contributed by atoms with van der Waals surface area (Å²) in [6.07, 6.45) is 14.9. The van der Waals surface area contributed by atoms with Gasteiger partial charge in [0.25, 0.3) is 0 Å². The Morgan fingerprint density at radius 1 is 1.39 bits per heavy atom. The molecule has 0 unspecified atom stereocenters. The van der Waals surface area contributed by atoms with Gasteiger partial charge < -0.3 is 24.7 Å². The summed E-state index contributed by atoms with van der Waals surface area (Å²) in [5.74, 6) is -1.09. The molecule has 1 aromatic carbocycles. The number of aromatic hydroxyl groups is 1. The maximum atomic E-state index is 12.8. The fraction of sp³-hybridized carbons (Fsp3) is 0.261. The molecule has 162 valence electrons. The number of cyclic esters (lactones) is 1. The number of fused-ring (bicyclic) bond motifs is 2. The zero-order chi connectivity index (χ0) is 22.1. The Morgan fingerprint density at radius 2 is 2.26 bits per heavy atom. The Hall–Kier alpha value is -3.65. The lowest BCUT2D eigenvalue weighted by Gasteiger charge is -2.17. The van der Waals surface area contributed by atoms with Crippen LogP contribution in [-0.2, 0) is 19.1 Å². The van der Waals surface area contributed by atoms with E-state index in [-0.39, 0.29) is 29.4 Å². The molecule has 8 heteroatoms. The van der Waals surface area contributed by atoms with Crippen LogP contribution in [0.25, 0.3) is 6.08 Å². The first kappa shape index (κ1) is 22.0. The zero-order valence-electron chi connectivity index (χ0n) is 17.0. The van der Waals surface area contributed by atoms with Crippen molar-refractivity contribution in [2.75, 3.05) is 7.11 Å². The molecule has 1 fully saturated rings. The number of nitrogens with one attached hydrogen (secondary N) is 1. The van der Waals surface area contributed by atoms with Gasteiger partial charge in [-0.3, -0.25) is 4.79 Å². The summed E-state index contributed by atoms with van der Waals surface area (Å²) >= 11 is 0. The van der Waals surface area contributed by atoms with Crippen molar-refractivity contribution < 1.29 is 29.0 Å². The standard InChI is InChI=1S/C23H24N2O6/c1-29-25-14-6-12-21(27)24-13-5-9-17-15-20-19(31-20)11-3-2-7-16-8-4-10-18(26)22(16)23(28)30-17/h2-8,10-14,17,19-20,26H,9,15H2,1H3,(H,24,27)/b7-2?,11-3?,12-6-,13-5+,25-14-/t17-,19+,20-/m0/s1. The minimum atomic E-state index is -0.609. The molecule has 2 heterocycles. The quantitative estimate of drug-likeness (QED) is 0.239. The number of benzene rings is 1. The van der Waals surface area contributed by atoms with Crippen LogP contribution < -0.4 is 5.32 Å². The van der Waals surface area contributed by atoms with Gasteiger partial charge in [0.05, 0.1) is 12.3 Å². The van der Waals surface area contributed by atoms with Crippen LogP contribution in [0.15, 0.2) is 66.0 Å². The number of epoxide rings is 1. The SMILES string of the molecule is CO/N=C\C=C/C(=O)N/C=C/C[C@H]1C[C@@H]2O[C@@H]2C=CC=Cc2cccc(O)c2C(=O)O1. The minimum absolute atomic E-state index is 0.0171. The summed E-state index contributed by atoms with van der Waals surface area (Å²) in [4.78, 5) is 29.0. The van der Waals surface area contributed by atoms with Gasteiger partial charge in [-0.25, -0.2) is 4.79 Å². The van der Waals surface area contributed by atoms with Gasteiger partial charge in [0.15, 0.2) is 0 Å². The average Bonchev–Trinajstić information content (AvgIpc) is 3.48. The molecule has 2 aliphatic rings. The van der Waals surface area contributed by atoms with Crippen molar-refractivity contribution in [3.05, 3.63) is 72.0 Å². The highest BCUT2D eigenvalue weighted by Crippen LogP contribution is 2.31. The number of hydrogen-bond acceptors (Lipinski definition) is 7. The van der Waals surface area contributed by atoms with Gasteiger partial charge in [-0.05, 0) is 17.7 Å². The third kappa shape index (κ3) is 6.68. The van der Waals surface area contributed by atoms with E-state index in [1.165, 1.54) is 37.7 Å². The van der Waals surface area contributed by atoms with Crippen LogP contribution in [0.5, 0.6) is 5.75 Å². The van der Waals surface area contributed by atoms with Crippen molar-refractivity contribution >= 4 is 24.2 Å². The molecule has 31 heavy (non-hydrogen) atoms. The van der Waals surface area contributed by atoms with Crippen LogP contribution in [0.4, 0.5) is 0 Å². The van der Waals surface area contributed by atoms with Gasteiger partial charge >= 0.3 is 5.97 Å². The number of hydrogen-bond donors (Lipinski definition) is 2. The van der Waals surface area contributed by atoms with Crippen LogP contribution in [0.3, 0.4) is 0 Å². The van der Waals surface area contributed by atoms with Crippen LogP contribution in [0, 0.1) is 0 Å². The molecule has 0 aromatic heterocycles. The first-order chi connectivity index (χ1) is 15.1. The predicted molar refractivity (Wildman–Crippen MR) is 115 cm³/mol. The number of ether oxygens (including phenoxy) is 2. The maximum Gasteiger partial charge on any atom is 0.342 e. The molecule has 2 N–H and O–H groups in total. The highest BCUT2D eigenvalue weighted by molar-refractivity contribution is 5.96.